The van der Waals surface area contributed by atoms with E-state index in [-0.39, 0.29) is 18.5 Å². The van der Waals surface area contributed by atoms with Gasteiger partial charge in [0.2, 0.25) is 5.91 Å². The maximum atomic E-state index is 11.7. The van der Waals surface area contributed by atoms with E-state index in [1.54, 1.807) is 11.3 Å². The molecule has 1 atom stereocenters. The second-order valence-electron chi connectivity index (χ2n) is 3.76. The molecule has 0 saturated heterocycles. The van der Waals surface area contributed by atoms with Crippen LogP contribution in [0.2, 0.25) is 0 Å². The van der Waals surface area contributed by atoms with Crippen molar-refractivity contribution in [2.45, 2.75) is 25.8 Å². The Bertz CT molecular complexity index is 361. The third kappa shape index (κ3) is 1.79. The van der Waals surface area contributed by atoms with Gasteiger partial charge in [-0.05, 0) is 29.9 Å². The lowest BCUT2D eigenvalue weighted by molar-refractivity contribution is -0.132. The number of fused-ring (bicyclic) bond motifs is 1. The van der Waals surface area contributed by atoms with Crippen molar-refractivity contribution in [2.24, 2.45) is 5.73 Å². The lowest BCUT2D eigenvalue weighted by Crippen LogP contribution is -2.42. The highest BCUT2D eigenvalue weighted by atomic mass is 32.1. The molecule has 3 nitrogen and oxygen atoms in total. The van der Waals surface area contributed by atoms with Crippen molar-refractivity contribution in [1.82, 2.24) is 4.90 Å². The van der Waals surface area contributed by atoms with Crippen LogP contribution >= 0.6 is 11.3 Å². The van der Waals surface area contributed by atoms with Crippen LogP contribution in [0.1, 0.15) is 29.8 Å². The first-order valence-electron chi connectivity index (χ1n) is 5.33. The highest BCUT2D eigenvalue weighted by Gasteiger charge is 2.29. The smallest absolute Gasteiger partial charge is 0.236 e. The lowest BCUT2D eigenvalue weighted by atomic mass is 9.98. The van der Waals surface area contributed by atoms with Crippen LogP contribution in [0.25, 0.3) is 0 Å². The Labute approximate surface area is 93.9 Å². The van der Waals surface area contributed by atoms with E-state index in [2.05, 4.69) is 18.4 Å². The number of nitrogens with zero attached hydrogens (tertiary/aromatic N) is 1. The average molecular weight is 224 g/mol. The fraction of sp³-hybridized carbons (Fsp3) is 0.545. The van der Waals surface area contributed by atoms with Gasteiger partial charge in [-0.25, -0.2) is 0 Å². The minimum Gasteiger partial charge on any atom is -0.334 e. The van der Waals surface area contributed by atoms with Gasteiger partial charge in [-0.2, -0.15) is 0 Å². The first-order valence-corrected chi connectivity index (χ1v) is 6.21. The van der Waals surface area contributed by atoms with Gasteiger partial charge in [0.1, 0.15) is 0 Å². The maximum absolute atomic E-state index is 11.7. The van der Waals surface area contributed by atoms with Crippen molar-refractivity contribution in [3.63, 3.8) is 0 Å². The van der Waals surface area contributed by atoms with Crippen molar-refractivity contribution in [3.05, 3.63) is 21.9 Å². The van der Waals surface area contributed by atoms with Crippen LogP contribution in [0.4, 0.5) is 0 Å². The van der Waals surface area contributed by atoms with Crippen molar-refractivity contribution in [2.75, 3.05) is 13.1 Å². The largest absolute Gasteiger partial charge is 0.334 e. The molecule has 1 aliphatic rings. The summed E-state index contributed by atoms with van der Waals surface area (Å²) in [5.41, 5.74) is 6.76. The van der Waals surface area contributed by atoms with Gasteiger partial charge in [0.15, 0.2) is 0 Å². The molecule has 2 N–H and O–H groups in total. The zero-order chi connectivity index (χ0) is 10.8. The molecule has 0 fully saturated rings. The summed E-state index contributed by atoms with van der Waals surface area (Å²) >= 11 is 1.80. The second kappa shape index (κ2) is 4.33. The van der Waals surface area contributed by atoms with E-state index in [1.165, 1.54) is 10.4 Å². The predicted octanol–water partition coefficient (Wildman–Crippen LogP) is 1.54. The van der Waals surface area contributed by atoms with Crippen LogP contribution in [0.3, 0.4) is 0 Å². The number of carbonyl (C=O) groups excluding carboxylic acids is 1. The van der Waals surface area contributed by atoms with Crippen LogP contribution in [-0.4, -0.2) is 23.9 Å². The molecule has 1 aromatic heterocycles. The summed E-state index contributed by atoms with van der Waals surface area (Å²) in [7, 11) is 0. The van der Waals surface area contributed by atoms with E-state index in [9.17, 15) is 4.79 Å². The molecule has 4 heteroatoms. The van der Waals surface area contributed by atoms with E-state index in [0.29, 0.717) is 0 Å². The SMILES string of the molecule is CCC1c2ccsc2CCN1C(=O)CN. The number of thiophene rings is 1. The molecule has 1 aliphatic heterocycles. The van der Waals surface area contributed by atoms with Gasteiger partial charge in [-0.1, -0.05) is 6.92 Å². The van der Waals surface area contributed by atoms with Crippen molar-refractivity contribution < 1.29 is 4.79 Å². The van der Waals surface area contributed by atoms with Gasteiger partial charge < -0.3 is 10.6 Å². The highest BCUT2D eigenvalue weighted by Crippen LogP contribution is 2.34. The van der Waals surface area contributed by atoms with Gasteiger partial charge in [0.25, 0.3) is 0 Å². The van der Waals surface area contributed by atoms with Gasteiger partial charge in [-0.15, -0.1) is 11.3 Å². The molecular formula is C11H16N2OS. The molecule has 2 rings (SSSR count). The Morgan fingerprint density at radius 1 is 1.73 bits per heavy atom. The number of nitrogens with two attached hydrogens (primary N) is 1. The van der Waals surface area contributed by atoms with Crippen LogP contribution in [0, 0.1) is 0 Å². The third-order valence-corrected chi connectivity index (χ3v) is 3.97. The van der Waals surface area contributed by atoms with Crippen LogP contribution < -0.4 is 5.73 Å². The molecule has 0 radical (unpaired) electrons. The molecule has 1 aromatic rings. The first kappa shape index (κ1) is 10.6. The summed E-state index contributed by atoms with van der Waals surface area (Å²) in [6.07, 6.45) is 1.95. The molecule has 15 heavy (non-hydrogen) atoms. The number of hydrogen-bond acceptors (Lipinski definition) is 3. The minimum atomic E-state index is 0.0682. The summed E-state index contributed by atoms with van der Waals surface area (Å²) in [6, 6.07) is 2.39. The van der Waals surface area contributed by atoms with Crippen molar-refractivity contribution in [1.29, 1.82) is 0 Å². The van der Waals surface area contributed by atoms with Gasteiger partial charge in [-0.3, -0.25) is 4.79 Å². The lowest BCUT2D eigenvalue weighted by Gasteiger charge is -2.35. The molecule has 0 saturated carbocycles. The number of carbonyl (C=O) groups is 1. The topological polar surface area (TPSA) is 46.3 Å². The molecule has 2 heterocycles. The summed E-state index contributed by atoms with van der Waals surface area (Å²) in [4.78, 5) is 15.0. The minimum absolute atomic E-state index is 0.0682. The Hall–Kier alpha value is -0.870. The molecule has 0 aromatic carbocycles. The Kier molecular flexibility index (Phi) is 3.07. The van der Waals surface area contributed by atoms with Gasteiger partial charge in [0.05, 0.1) is 12.6 Å². The molecule has 0 aliphatic carbocycles. The summed E-state index contributed by atoms with van der Waals surface area (Å²) in [6.45, 7) is 3.06. The van der Waals surface area contributed by atoms with Crippen molar-refractivity contribution in [3.8, 4) is 0 Å². The number of rotatable bonds is 2. The Morgan fingerprint density at radius 3 is 3.20 bits per heavy atom. The summed E-state index contributed by atoms with van der Waals surface area (Å²) in [5.74, 6) is 0.0682. The maximum Gasteiger partial charge on any atom is 0.236 e. The Balaban J connectivity index is 2.28. The standard InChI is InChI=1S/C11H16N2OS/c1-2-9-8-4-6-15-10(8)3-5-13(9)11(14)7-12/h4,6,9H,2-3,5,7,12H2,1H3. The fourth-order valence-corrected chi connectivity index (χ4v) is 3.18. The van der Waals surface area contributed by atoms with E-state index in [4.69, 9.17) is 5.73 Å². The third-order valence-electron chi connectivity index (χ3n) is 2.98. The quantitative estimate of drug-likeness (QED) is 0.828. The molecule has 0 bridgehead atoms. The highest BCUT2D eigenvalue weighted by molar-refractivity contribution is 7.10. The normalized spacial score (nSPS) is 20.1. The number of hydrogen-bond donors (Lipinski definition) is 1. The van der Waals surface area contributed by atoms with Crippen molar-refractivity contribution >= 4 is 17.2 Å². The molecule has 1 unspecified atom stereocenters. The second-order valence-corrected chi connectivity index (χ2v) is 4.77. The van der Waals surface area contributed by atoms with E-state index < -0.39 is 0 Å². The molecule has 0 spiro atoms. The fourth-order valence-electron chi connectivity index (χ4n) is 2.25. The molecular weight excluding hydrogens is 208 g/mol. The first-order chi connectivity index (χ1) is 7.27. The van der Waals surface area contributed by atoms with Gasteiger partial charge in [0, 0.05) is 11.4 Å². The monoisotopic (exact) mass is 224 g/mol. The van der Waals surface area contributed by atoms with E-state index in [1.807, 2.05) is 4.90 Å². The zero-order valence-corrected chi connectivity index (χ0v) is 9.72. The molecule has 1 amide bonds. The average Bonchev–Trinajstić information content (AvgIpc) is 2.74. The number of amides is 1. The van der Waals surface area contributed by atoms with Crippen LogP contribution in [0.15, 0.2) is 11.4 Å². The van der Waals surface area contributed by atoms with Gasteiger partial charge >= 0.3 is 0 Å². The summed E-state index contributed by atoms with van der Waals surface area (Å²) in [5, 5.41) is 2.11. The summed E-state index contributed by atoms with van der Waals surface area (Å²) < 4.78 is 0. The molecule has 82 valence electrons. The van der Waals surface area contributed by atoms with E-state index in [0.717, 1.165) is 19.4 Å². The Morgan fingerprint density at radius 2 is 2.53 bits per heavy atom. The zero-order valence-electron chi connectivity index (χ0n) is 8.90. The van der Waals surface area contributed by atoms with E-state index >= 15 is 0 Å². The van der Waals surface area contributed by atoms with Crippen LogP contribution in [-0.2, 0) is 11.2 Å². The van der Waals surface area contributed by atoms with Crippen LogP contribution in [0.5, 0.6) is 0 Å². The predicted molar refractivity (Wildman–Crippen MR) is 61.8 cm³/mol.